The van der Waals surface area contributed by atoms with Crippen molar-refractivity contribution in [3.05, 3.63) is 75.5 Å². The number of aromatic nitrogens is 7. The summed E-state index contributed by atoms with van der Waals surface area (Å²) in [7, 11) is 0. The number of aliphatic hydroxyl groups is 1. The van der Waals surface area contributed by atoms with Gasteiger partial charge in [0, 0.05) is 19.3 Å². The Balaban J connectivity index is 1.65. The first-order chi connectivity index (χ1) is 21.0. The van der Waals surface area contributed by atoms with E-state index in [1.165, 1.54) is 30.5 Å². The van der Waals surface area contributed by atoms with Gasteiger partial charge in [0.05, 0.1) is 33.6 Å². The second kappa shape index (κ2) is 14.1. The van der Waals surface area contributed by atoms with Gasteiger partial charge in [0.1, 0.15) is 12.2 Å². The van der Waals surface area contributed by atoms with Gasteiger partial charge in [-0.15, -0.1) is 10.2 Å². The first-order valence-corrected chi connectivity index (χ1v) is 13.7. The molecule has 0 atom stereocenters. The van der Waals surface area contributed by atoms with Crippen LogP contribution in [0.25, 0.3) is 5.82 Å². The molecule has 0 radical (unpaired) electrons. The van der Waals surface area contributed by atoms with Crippen LogP contribution in [0.3, 0.4) is 0 Å². The monoisotopic (exact) mass is 630 g/mol. The summed E-state index contributed by atoms with van der Waals surface area (Å²) in [4.78, 5) is 31.7. The van der Waals surface area contributed by atoms with Crippen molar-refractivity contribution >= 4 is 29.1 Å². The number of nitriles is 1. The fourth-order valence-corrected chi connectivity index (χ4v) is 4.40. The van der Waals surface area contributed by atoms with Gasteiger partial charge >= 0.3 is 6.18 Å². The number of hydrogen-bond donors (Lipinski definition) is 3. The number of hydrogen-bond acceptors (Lipinski definition) is 9. The van der Waals surface area contributed by atoms with Crippen LogP contribution in [0, 0.1) is 18.3 Å². The van der Waals surface area contributed by atoms with E-state index >= 15 is 0 Å². The van der Waals surface area contributed by atoms with Crippen LogP contribution in [0.2, 0.25) is 5.02 Å². The third-order valence-corrected chi connectivity index (χ3v) is 6.56. The van der Waals surface area contributed by atoms with E-state index in [4.69, 9.17) is 16.7 Å². The molecule has 4 aromatic rings. The second-order valence-corrected chi connectivity index (χ2v) is 9.97. The molecule has 17 heteroatoms. The van der Waals surface area contributed by atoms with Gasteiger partial charge in [0.15, 0.2) is 5.82 Å². The van der Waals surface area contributed by atoms with Gasteiger partial charge in [-0.25, -0.2) is 9.67 Å². The molecule has 44 heavy (non-hydrogen) atoms. The minimum absolute atomic E-state index is 0.0545. The largest absolute Gasteiger partial charge is 0.455 e. The number of unbranched alkanes of at least 4 members (excludes halogenated alkanes) is 3. The van der Waals surface area contributed by atoms with Crippen molar-refractivity contribution in [2.24, 2.45) is 0 Å². The first kappa shape index (κ1) is 32.0. The predicted molar refractivity (Wildman–Crippen MR) is 150 cm³/mol. The van der Waals surface area contributed by atoms with Gasteiger partial charge in [0.2, 0.25) is 0 Å². The number of amides is 2. The number of carbonyl (C=O) groups excluding carboxylic acids is 2. The van der Waals surface area contributed by atoms with Crippen LogP contribution in [0.15, 0.2) is 36.5 Å². The molecular formula is C27H26ClF3N10O3. The van der Waals surface area contributed by atoms with Crippen LogP contribution in [0.1, 0.15) is 69.2 Å². The summed E-state index contributed by atoms with van der Waals surface area (Å²) >= 11 is 6.32. The number of nitrogens with one attached hydrogen (secondary N) is 2. The summed E-state index contributed by atoms with van der Waals surface area (Å²) in [5.74, 6) is -2.64. The van der Waals surface area contributed by atoms with Crippen LogP contribution in [-0.2, 0) is 12.7 Å². The molecule has 0 fully saturated rings. The standard InChI is InChI=1S/C27H26ClF3N10O3/c1-16-11-17(14-32)12-19(24(43)34-8-4-2-3-5-10-42)22(16)35-25(44)21-13-18(15-40-38-26(36-39-40)27(29,30)31)37-41(21)23-20(28)7-6-9-33-23/h6-7,9,11-13,42H,2-5,8,10,15H2,1H3,(H,34,43)(H,35,44). The number of anilines is 1. The van der Waals surface area contributed by atoms with Crippen molar-refractivity contribution in [2.75, 3.05) is 18.5 Å². The zero-order chi connectivity index (χ0) is 31.9. The molecule has 3 heterocycles. The molecule has 230 valence electrons. The SMILES string of the molecule is Cc1cc(C#N)cc(C(=O)NCCCCCCO)c1NC(=O)c1cc(Cn2nnc(C(F)(F)F)n2)nn1-c1ncccc1Cl. The molecule has 0 spiro atoms. The molecule has 3 aromatic heterocycles. The Labute approximate surface area is 253 Å². The van der Waals surface area contributed by atoms with E-state index in [9.17, 15) is 28.0 Å². The van der Waals surface area contributed by atoms with Crippen LogP contribution in [0.4, 0.5) is 18.9 Å². The molecule has 0 saturated heterocycles. The van der Waals surface area contributed by atoms with Crippen LogP contribution < -0.4 is 10.6 Å². The maximum absolute atomic E-state index is 13.7. The summed E-state index contributed by atoms with van der Waals surface area (Å²) in [5.41, 5.74) is 0.799. The Kier molecular flexibility index (Phi) is 10.2. The number of aryl methyl sites for hydroxylation is 1. The van der Waals surface area contributed by atoms with E-state index in [0.717, 1.165) is 17.5 Å². The molecule has 0 saturated carbocycles. The highest BCUT2D eigenvalue weighted by Gasteiger charge is 2.37. The molecular weight excluding hydrogens is 605 g/mol. The lowest BCUT2D eigenvalue weighted by molar-refractivity contribution is -0.145. The number of carbonyl (C=O) groups is 2. The Bertz CT molecular complexity index is 1700. The third-order valence-electron chi connectivity index (χ3n) is 6.26. The average Bonchev–Trinajstić information content (AvgIpc) is 3.63. The molecule has 13 nitrogen and oxygen atoms in total. The molecule has 4 rings (SSSR count). The highest BCUT2D eigenvalue weighted by Crippen LogP contribution is 2.27. The normalized spacial score (nSPS) is 11.3. The molecule has 2 amide bonds. The van der Waals surface area contributed by atoms with Crippen molar-refractivity contribution < 1.29 is 27.9 Å². The summed E-state index contributed by atoms with van der Waals surface area (Å²) in [6.45, 7) is 1.69. The predicted octanol–water partition coefficient (Wildman–Crippen LogP) is 3.69. The zero-order valence-corrected chi connectivity index (χ0v) is 24.0. The van der Waals surface area contributed by atoms with Crippen LogP contribution >= 0.6 is 11.6 Å². The van der Waals surface area contributed by atoms with Crippen molar-refractivity contribution in [3.63, 3.8) is 0 Å². The Hall–Kier alpha value is -4.88. The van der Waals surface area contributed by atoms with Gasteiger partial charge in [-0.05, 0) is 60.9 Å². The summed E-state index contributed by atoms with van der Waals surface area (Å²) in [6, 6.07) is 9.23. The molecule has 0 aliphatic rings. The smallest absolute Gasteiger partial charge is 0.396 e. The fourth-order valence-electron chi connectivity index (χ4n) is 4.19. The van der Waals surface area contributed by atoms with E-state index in [1.807, 2.05) is 6.07 Å². The van der Waals surface area contributed by atoms with Gasteiger partial charge in [-0.2, -0.15) is 28.3 Å². The number of benzene rings is 1. The van der Waals surface area contributed by atoms with E-state index in [1.54, 1.807) is 13.0 Å². The Morgan fingerprint density at radius 1 is 1.11 bits per heavy atom. The minimum atomic E-state index is -4.80. The molecule has 0 aliphatic heterocycles. The highest BCUT2D eigenvalue weighted by molar-refractivity contribution is 6.32. The molecule has 0 aliphatic carbocycles. The van der Waals surface area contributed by atoms with E-state index in [-0.39, 0.29) is 52.2 Å². The van der Waals surface area contributed by atoms with E-state index in [2.05, 4.69) is 36.1 Å². The third kappa shape index (κ3) is 7.74. The number of halogens is 4. The van der Waals surface area contributed by atoms with Crippen LogP contribution in [0.5, 0.6) is 0 Å². The minimum Gasteiger partial charge on any atom is -0.396 e. The summed E-state index contributed by atoms with van der Waals surface area (Å²) in [5, 5.41) is 38.1. The lowest BCUT2D eigenvalue weighted by Gasteiger charge is -2.15. The van der Waals surface area contributed by atoms with Gasteiger partial charge in [-0.3, -0.25) is 9.59 Å². The number of pyridine rings is 1. The second-order valence-electron chi connectivity index (χ2n) is 9.56. The summed E-state index contributed by atoms with van der Waals surface area (Å²) < 4.78 is 40.0. The quantitative estimate of drug-likeness (QED) is 0.197. The number of rotatable bonds is 12. The van der Waals surface area contributed by atoms with E-state index in [0.29, 0.717) is 29.7 Å². The van der Waals surface area contributed by atoms with Gasteiger partial charge in [-0.1, -0.05) is 24.4 Å². The average molecular weight is 631 g/mol. The topological polar surface area (TPSA) is 177 Å². The first-order valence-electron chi connectivity index (χ1n) is 13.3. The lowest BCUT2D eigenvalue weighted by Crippen LogP contribution is -2.27. The van der Waals surface area contributed by atoms with Crippen LogP contribution in [-0.4, -0.2) is 65.0 Å². The highest BCUT2D eigenvalue weighted by atomic mass is 35.5. The molecule has 1 aromatic carbocycles. The number of aliphatic hydroxyl groups excluding tert-OH is 1. The number of nitrogens with zero attached hydrogens (tertiary/aromatic N) is 8. The summed E-state index contributed by atoms with van der Waals surface area (Å²) in [6.07, 6.45) is -0.445. The fraction of sp³-hybridized carbons (Fsp3) is 0.333. The Morgan fingerprint density at radius 2 is 1.89 bits per heavy atom. The number of alkyl halides is 3. The van der Waals surface area contributed by atoms with Crippen molar-refractivity contribution in [1.29, 1.82) is 5.26 Å². The van der Waals surface area contributed by atoms with Gasteiger partial charge in [0.25, 0.3) is 17.6 Å². The zero-order valence-electron chi connectivity index (χ0n) is 23.3. The molecule has 0 unspecified atom stereocenters. The number of tetrazole rings is 1. The van der Waals surface area contributed by atoms with E-state index < -0.39 is 23.8 Å². The van der Waals surface area contributed by atoms with Crippen molar-refractivity contribution in [2.45, 2.75) is 45.3 Å². The van der Waals surface area contributed by atoms with Crippen molar-refractivity contribution in [3.8, 4) is 11.9 Å². The Morgan fingerprint density at radius 3 is 2.57 bits per heavy atom. The van der Waals surface area contributed by atoms with Gasteiger partial charge < -0.3 is 15.7 Å². The lowest BCUT2D eigenvalue weighted by atomic mass is 10.0. The maximum Gasteiger partial charge on any atom is 0.455 e. The maximum atomic E-state index is 13.7. The molecule has 0 bridgehead atoms. The molecule has 3 N–H and O–H groups in total. The van der Waals surface area contributed by atoms with Crippen molar-refractivity contribution in [1.82, 2.24) is 40.3 Å².